The van der Waals surface area contributed by atoms with Gasteiger partial charge in [-0.05, 0) is 68.8 Å². The summed E-state index contributed by atoms with van der Waals surface area (Å²) in [7, 11) is 1.71. The first-order chi connectivity index (χ1) is 13.8. The Labute approximate surface area is 192 Å². The molecule has 3 rings (SSSR count). The van der Waals surface area contributed by atoms with E-state index in [0.29, 0.717) is 31.5 Å². The van der Waals surface area contributed by atoms with Gasteiger partial charge in [0.1, 0.15) is 5.82 Å². The van der Waals surface area contributed by atoms with Crippen molar-refractivity contribution in [3.63, 3.8) is 0 Å². The van der Waals surface area contributed by atoms with Gasteiger partial charge < -0.3 is 10.6 Å². The van der Waals surface area contributed by atoms with E-state index in [2.05, 4.69) is 15.6 Å². The van der Waals surface area contributed by atoms with Gasteiger partial charge in [0.05, 0.1) is 6.54 Å². The number of hydrogen-bond acceptors (Lipinski definition) is 2. The van der Waals surface area contributed by atoms with Crippen molar-refractivity contribution in [2.24, 2.45) is 10.9 Å². The Morgan fingerprint density at radius 2 is 1.90 bits per heavy atom. The molecule has 0 spiro atoms. The quantitative estimate of drug-likeness (QED) is 0.234. The number of guanidine groups is 1. The van der Waals surface area contributed by atoms with Gasteiger partial charge in [-0.25, -0.2) is 4.39 Å². The van der Waals surface area contributed by atoms with Gasteiger partial charge in [0, 0.05) is 25.6 Å². The van der Waals surface area contributed by atoms with Crippen LogP contribution in [-0.2, 0) is 5.41 Å². The Bertz CT molecular complexity index is 698. The summed E-state index contributed by atoms with van der Waals surface area (Å²) in [6.07, 6.45) is 0.444. The highest BCUT2D eigenvalue weighted by atomic mass is 127. The summed E-state index contributed by atoms with van der Waals surface area (Å²) in [5.41, 5.74) is 0.997. The molecule has 1 saturated heterocycles. The van der Waals surface area contributed by atoms with Crippen LogP contribution in [-0.4, -0.2) is 56.8 Å². The van der Waals surface area contributed by atoms with Crippen molar-refractivity contribution in [2.45, 2.75) is 43.7 Å². The highest BCUT2D eigenvalue weighted by molar-refractivity contribution is 14.0. The number of piperidine rings is 1. The van der Waals surface area contributed by atoms with E-state index in [1.807, 2.05) is 6.07 Å². The summed E-state index contributed by atoms with van der Waals surface area (Å²) < 4.78 is 50.9. The van der Waals surface area contributed by atoms with Crippen LogP contribution in [0, 0.1) is 11.7 Å². The lowest BCUT2D eigenvalue weighted by Gasteiger charge is -2.32. The fraction of sp³-hybridized carbons (Fsp3) is 0.667. The molecule has 2 fully saturated rings. The summed E-state index contributed by atoms with van der Waals surface area (Å²) in [5, 5.41) is 6.64. The van der Waals surface area contributed by atoms with E-state index in [-0.39, 0.29) is 35.2 Å². The molecule has 1 aliphatic carbocycles. The van der Waals surface area contributed by atoms with E-state index in [0.717, 1.165) is 44.2 Å². The highest BCUT2D eigenvalue weighted by Crippen LogP contribution is 2.47. The van der Waals surface area contributed by atoms with Crippen molar-refractivity contribution >= 4 is 29.9 Å². The topological polar surface area (TPSA) is 39.7 Å². The first kappa shape index (κ1) is 25.2. The number of aliphatic imine (C=N–C) groups is 1. The van der Waals surface area contributed by atoms with Crippen molar-refractivity contribution in [2.75, 3.05) is 39.8 Å². The van der Waals surface area contributed by atoms with Gasteiger partial charge in [0.25, 0.3) is 0 Å². The molecule has 0 atom stereocenters. The molecule has 2 aliphatic rings. The van der Waals surface area contributed by atoms with E-state index in [1.54, 1.807) is 19.2 Å². The number of halogens is 5. The highest BCUT2D eigenvalue weighted by Gasteiger charge is 2.44. The van der Waals surface area contributed by atoms with E-state index in [9.17, 15) is 17.6 Å². The Balaban J connectivity index is 0.00000320. The maximum absolute atomic E-state index is 13.5. The number of benzene rings is 1. The maximum Gasteiger partial charge on any atom is 0.401 e. The second-order valence-corrected chi connectivity index (χ2v) is 8.27. The SMILES string of the molecule is CN=C(NCCC1CCN(CC(F)(F)F)CC1)NCC1(c2cccc(F)c2)CC1.I. The zero-order valence-electron chi connectivity index (χ0n) is 17.3. The van der Waals surface area contributed by atoms with Crippen LogP contribution in [0.1, 0.15) is 37.7 Å². The molecular weight excluding hydrogens is 511 g/mol. The molecule has 0 radical (unpaired) electrons. The molecule has 1 aliphatic heterocycles. The van der Waals surface area contributed by atoms with Gasteiger partial charge in [-0.1, -0.05) is 12.1 Å². The van der Waals surface area contributed by atoms with E-state index < -0.39 is 12.7 Å². The number of likely N-dealkylation sites (tertiary alicyclic amines) is 1. The molecule has 0 aromatic heterocycles. The number of alkyl halides is 3. The van der Waals surface area contributed by atoms with Gasteiger partial charge in [-0.2, -0.15) is 13.2 Å². The molecular formula is C21H31F4IN4. The lowest BCUT2D eigenvalue weighted by Crippen LogP contribution is -2.43. The number of nitrogens with one attached hydrogen (secondary N) is 2. The van der Waals surface area contributed by atoms with Gasteiger partial charge in [-0.15, -0.1) is 24.0 Å². The predicted molar refractivity (Wildman–Crippen MR) is 122 cm³/mol. The normalized spacial score (nSPS) is 19.8. The van der Waals surface area contributed by atoms with Crippen LogP contribution in [0.3, 0.4) is 0 Å². The summed E-state index contributed by atoms with van der Waals surface area (Å²) in [6.45, 7) is 1.64. The Kier molecular flexibility index (Phi) is 9.20. The second kappa shape index (κ2) is 11.0. The Hall–Kier alpha value is -1.10. The van der Waals surface area contributed by atoms with Crippen LogP contribution in [0.15, 0.2) is 29.3 Å². The number of hydrogen-bond donors (Lipinski definition) is 2. The predicted octanol–water partition coefficient (Wildman–Crippen LogP) is 4.30. The van der Waals surface area contributed by atoms with Crippen LogP contribution < -0.4 is 10.6 Å². The molecule has 1 aromatic rings. The molecule has 9 heteroatoms. The minimum absolute atomic E-state index is 0. The molecule has 170 valence electrons. The summed E-state index contributed by atoms with van der Waals surface area (Å²) in [6, 6.07) is 6.79. The van der Waals surface area contributed by atoms with E-state index in [4.69, 9.17) is 0 Å². The monoisotopic (exact) mass is 542 g/mol. The molecule has 0 unspecified atom stereocenters. The third kappa shape index (κ3) is 7.55. The summed E-state index contributed by atoms with van der Waals surface area (Å²) in [4.78, 5) is 5.74. The molecule has 2 N–H and O–H groups in total. The van der Waals surface area contributed by atoms with Crippen molar-refractivity contribution in [1.82, 2.24) is 15.5 Å². The first-order valence-corrected chi connectivity index (χ1v) is 10.3. The standard InChI is InChI=1S/C21H30F4N4.HI/c1-26-19(28-14-20(8-9-20)17-3-2-4-18(22)13-17)27-10-5-16-6-11-29(12-7-16)15-21(23,24)25;/h2-4,13,16H,5-12,14-15H2,1H3,(H2,26,27,28);1H. The fourth-order valence-corrected chi connectivity index (χ4v) is 4.09. The second-order valence-electron chi connectivity index (χ2n) is 8.27. The minimum atomic E-state index is -4.11. The smallest absolute Gasteiger partial charge is 0.356 e. The van der Waals surface area contributed by atoms with Gasteiger partial charge >= 0.3 is 6.18 Å². The average Bonchev–Trinajstić information content (AvgIpc) is 3.46. The molecule has 0 amide bonds. The van der Waals surface area contributed by atoms with Crippen LogP contribution in [0.25, 0.3) is 0 Å². The van der Waals surface area contributed by atoms with Crippen LogP contribution in [0.2, 0.25) is 0 Å². The van der Waals surface area contributed by atoms with Crippen molar-refractivity contribution in [3.05, 3.63) is 35.6 Å². The number of nitrogens with zero attached hydrogens (tertiary/aromatic N) is 2. The van der Waals surface area contributed by atoms with Crippen LogP contribution in [0.5, 0.6) is 0 Å². The van der Waals surface area contributed by atoms with Crippen LogP contribution in [0.4, 0.5) is 17.6 Å². The first-order valence-electron chi connectivity index (χ1n) is 10.3. The lowest BCUT2D eigenvalue weighted by atomic mass is 9.93. The molecule has 1 aromatic carbocycles. The van der Waals surface area contributed by atoms with Gasteiger partial charge in [0.2, 0.25) is 0 Å². The van der Waals surface area contributed by atoms with Crippen molar-refractivity contribution in [1.29, 1.82) is 0 Å². The number of rotatable bonds is 7. The van der Waals surface area contributed by atoms with Crippen molar-refractivity contribution in [3.8, 4) is 0 Å². The molecule has 1 heterocycles. The zero-order chi connectivity index (χ0) is 20.9. The zero-order valence-corrected chi connectivity index (χ0v) is 19.6. The van der Waals surface area contributed by atoms with Crippen LogP contribution >= 0.6 is 24.0 Å². The molecule has 1 saturated carbocycles. The van der Waals surface area contributed by atoms with E-state index in [1.165, 1.54) is 11.0 Å². The van der Waals surface area contributed by atoms with Gasteiger partial charge in [-0.3, -0.25) is 9.89 Å². The Morgan fingerprint density at radius 1 is 1.20 bits per heavy atom. The molecule has 4 nitrogen and oxygen atoms in total. The maximum atomic E-state index is 13.5. The Morgan fingerprint density at radius 3 is 2.47 bits per heavy atom. The summed E-state index contributed by atoms with van der Waals surface area (Å²) in [5.74, 6) is 0.937. The lowest BCUT2D eigenvalue weighted by molar-refractivity contribution is -0.148. The third-order valence-electron chi connectivity index (χ3n) is 6.06. The largest absolute Gasteiger partial charge is 0.401 e. The minimum Gasteiger partial charge on any atom is -0.356 e. The van der Waals surface area contributed by atoms with Crippen molar-refractivity contribution < 1.29 is 17.6 Å². The molecule has 0 bridgehead atoms. The third-order valence-corrected chi connectivity index (χ3v) is 6.06. The van der Waals surface area contributed by atoms with Gasteiger partial charge in [0.15, 0.2) is 5.96 Å². The fourth-order valence-electron chi connectivity index (χ4n) is 4.09. The summed E-state index contributed by atoms with van der Waals surface area (Å²) >= 11 is 0. The molecule has 30 heavy (non-hydrogen) atoms. The average molecular weight is 542 g/mol. The van der Waals surface area contributed by atoms with E-state index >= 15 is 0 Å².